The molecule has 0 radical (unpaired) electrons. The fourth-order valence-corrected chi connectivity index (χ4v) is 2.14. The Balaban J connectivity index is 2.71. The highest BCUT2D eigenvalue weighted by Crippen LogP contribution is 2.38. The molecule has 2 aromatic rings. The molecule has 0 amide bonds. The van der Waals surface area contributed by atoms with Gasteiger partial charge in [0.2, 0.25) is 0 Å². The van der Waals surface area contributed by atoms with Crippen LogP contribution in [0.25, 0.3) is 10.1 Å². The van der Waals surface area contributed by atoms with Crippen molar-refractivity contribution in [2.24, 2.45) is 0 Å². The number of benzene rings is 1. The molecule has 74 valence electrons. The molecule has 0 atom stereocenters. The average Bonchev–Trinajstić information content (AvgIpc) is 2.56. The molecule has 1 aromatic heterocycles. The van der Waals surface area contributed by atoms with Gasteiger partial charge in [0, 0.05) is 0 Å². The van der Waals surface area contributed by atoms with Gasteiger partial charge in [-0.3, -0.25) is 0 Å². The highest BCUT2D eigenvalue weighted by atomic mass is 32.1. The molecule has 1 N–H and O–H groups in total. The van der Waals surface area contributed by atoms with Gasteiger partial charge in [0.1, 0.15) is 0 Å². The number of rotatable bonds is 1. The van der Waals surface area contributed by atoms with Crippen LogP contribution in [0.15, 0.2) is 18.2 Å². The van der Waals surface area contributed by atoms with Gasteiger partial charge in [0.25, 0.3) is 6.43 Å². The van der Waals surface area contributed by atoms with E-state index in [1.807, 2.05) is 0 Å². The molecule has 1 aromatic carbocycles. The van der Waals surface area contributed by atoms with Crippen molar-refractivity contribution < 1.29 is 18.3 Å². The molecule has 14 heavy (non-hydrogen) atoms. The first kappa shape index (κ1) is 9.33. The summed E-state index contributed by atoms with van der Waals surface area (Å²) < 4.78 is 37.5. The number of hydrogen-bond donors (Lipinski definition) is 1. The van der Waals surface area contributed by atoms with Crippen molar-refractivity contribution in [3.63, 3.8) is 0 Å². The molecule has 0 bridgehead atoms. The molecule has 0 spiro atoms. The molecule has 0 saturated carbocycles. The molecule has 2 rings (SSSR count). The lowest BCUT2D eigenvalue weighted by molar-refractivity contribution is 0.156. The quantitative estimate of drug-likeness (QED) is 0.774. The lowest BCUT2D eigenvalue weighted by atomic mass is 10.2. The molecule has 0 fully saturated rings. The van der Waals surface area contributed by atoms with Crippen LogP contribution in [0.5, 0.6) is 5.75 Å². The predicted octanol–water partition coefficient (Wildman–Crippen LogP) is 3.68. The summed E-state index contributed by atoms with van der Waals surface area (Å²) in [7, 11) is 0. The number of alkyl halides is 2. The van der Waals surface area contributed by atoms with Gasteiger partial charge in [-0.25, -0.2) is 13.2 Å². The van der Waals surface area contributed by atoms with Gasteiger partial charge in [-0.05, 0) is 17.5 Å². The fraction of sp³-hybridized carbons (Fsp3) is 0.111. The smallest absolute Gasteiger partial charge is 0.272 e. The van der Waals surface area contributed by atoms with Crippen LogP contribution in [0, 0.1) is 5.82 Å². The Kier molecular flexibility index (Phi) is 2.11. The zero-order chi connectivity index (χ0) is 10.3. The maximum absolute atomic E-state index is 12.8. The molecule has 5 heteroatoms. The summed E-state index contributed by atoms with van der Waals surface area (Å²) in [6, 6.07) is 3.68. The van der Waals surface area contributed by atoms with Crippen molar-refractivity contribution in [2.45, 2.75) is 6.43 Å². The van der Waals surface area contributed by atoms with Crippen LogP contribution in [-0.4, -0.2) is 5.11 Å². The Morgan fingerprint density at radius 2 is 2.00 bits per heavy atom. The maximum Gasteiger partial charge on any atom is 0.272 e. The molecule has 0 unspecified atom stereocenters. The largest absolute Gasteiger partial charge is 0.504 e. The Morgan fingerprint density at radius 3 is 2.64 bits per heavy atom. The summed E-state index contributed by atoms with van der Waals surface area (Å²) in [6.45, 7) is 0. The summed E-state index contributed by atoms with van der Waals surface area (Å²) in [5, 5.41) is 9.68. The number of phenolic OH excluding ortho intramolecular Hbond substituents is 1. The third kappa shape index (κ3) is 1.33. The van der Waals surface area contributed by atoms with Crippen molar-refractivity contribution in [3.8, 4) is 5.75 Å². The summed E-state index contributed by atoms with van der Waals surface area (Å²) >= 11 is 0.706. The van der Waals surface area contributed by atoms with E-state index >= 15 is 0 Å². The number of phenols is 1. The van der Waals surface area contributed by atoms with E-state index in [2.05, 4.69) is 0 Å². The van der Waals surface area contributed by atoms with Gasteiger partial charge >= 0.3 is 0 Å². The lowest BCUT2D eigenvalue weighted by Crippen LogP contribution is -1.73. The zero-order valence-electron chi connectivity index (χ0n) is 6.80. The van der Waals surface area contributed by atoms with Gasteiger partial charge in [0.15, 0.2) is 11.6 Å². The summed E-state index contributed by atoms with van der Waals surface area (Å²) in [4.78, 5) is -0.166. The monoisotopic (exact) mass is 218 g/mol. The van der Waals surface area contributed by atoms with Crippen molar-refractivity contribution in [2.75, 3.05) is 0 Å². The van der Waals surface area contributed by atoms with Crippen LogP contribution in [0.1, 0.15) is 11.3 Å². The molecule has 0 aliphatic heterocycles. The van der Waals surface area contributed by atoms with E-state index in [-0.39, 0.29) is 9.58 Å². The second kappa shape index (κ2) is 3.16. The minimum Gasteiger partial charge on any atom is -0.504 e. The van der Waals surface area contributed by atoms with Gasteiger partial charge in [0.05, 0.1) is 9.58 Å². The van der Waals surface area contributed by atoms with Crippen LogP contribution in [0.3, 0.4) is 0 Å². The molecular weight excluding hydrogens is 213 g/mol. The first-order valence-corrected chi connectivity index (χ1v) is 4.60. The standard InChI is InChI=1S/C9H5F3OS/c10-5-2-1-4-3-6(9(11)12)14-8(4)7(5)13/h1-3,9,13H. The average molecular weight is 218 g/mol. The predicted molar refractivity (Wildman–Crippen MR) is 48.4 cm³/mol. The highest BCUT2D eigenvalue weighted by molar-refractivity contribution is 7.19. The van der Waals surface area contributed by atoms with E-state index in [1.165, 1.54) is 12.1 Å². The minimum atomic E-state index is -2.59. The number of hydrogen-bond acceptors (Lipinski definition) is 2. The third-order valence-electron chi connectivity index (χ3n) is 1.85. The van der Waals surface area contributed by atoms with Crippen LogP contribution >= 0.6 is 11.3 Å². The molecule has 0 saturated heterocycles. The van der Waals surface area contributed by atoms with Crippen LogP contribution in [-0.2, 0) is 0 Å². The van der Waals surface area contributed by atoms with E-state index in [0.717, 1.165) is 6.07 Å². The van der Waals surface area contributed by atoms with Crippen LogP contribution in [0.2, 0.25) is 0 Å². The molecular formula is C9H5F3OS. The van der Waals surface area contributed by atoms with Crippen molar-refractivity contribution >= 4 is 21.4 Å². The summed E-state index contributed by atoms with van der Waals surface area (Å²) in [5.74, 6) is -1.35. The van der Waals surface area contributed by atoms with E-state index in [0.29, 0.717) is 16.7 Å². The first-order chi connectivity index (χ1) is 6.59. The zero-order valence-corrected chi connectivity index (χ0v) is 7.62. The normalized spacial score (nSPS) is 11.4. The van der Waals surface area contributed by atoms with E-state index in [9.17, 15) is 18.3 Å². The molecule has 1 heterocycles. The molecule has 0 aliphatic carbocycles. The van der Waals surface area contributed by atoms with Crippen LogP contribution in [0.4, 0.5) is 13.2 Å². The van der Waals surface area contributed by atoms with E-state index in [1.54, 1.807) is 0 Å². The van der Waals surface area contributed by atoms with E-state index < -0.39 is 18.0 Å². The number of halogens is 3. The maximum atomic E-state index is 12.8. The number of thiophene rings is 1. The molecule has 0 aliphatic rings. The van der Waals surface area contributed by atoms with Crippen molar-refractivity contribution in [1.29, 1.82) is 0 Å². The lowest BCUT2D eigenvalue weighted by Gasteiger charge is -1.94. The van der Waals surface area contributed by atoms with Crippen LogP contribution < -0.4 is 0 Å². The van der Waals surface area contributed by atoms with Gasteiger partial charge in [-0.1, -0.05) is 6.07 Å². The number of fused-ring (bicyclic) bond motifs is 1. The molecule has 1 nitrogen and oxygen atoms in total. The minimum absolute atomic E-state index is 0.166. The first-order valence-electron chi connectivity index (χ1n) is 3.78. The Bertz CT molecular complexity index is 478. The SMILES string of the molecule is Oc1c(F)ccc2cc(C(F)F)sc12. The fourth-order valence-electron chi connectivity index (χ4n) is 1.19. The Morgan fingerprint density at radius 1 is 1.29 bits per heavy atom. The topological polar surface area (TPSA) is 20.2 Å². The van der Waals surface area contributed by atoms with Crippen molar-refractivity contribution in [1.82, 2.24) is 0 Å². The van der Waals surface area contributed by atoms with Gasteiger partial charge in [-0.15, -0.1) is 11.3 Å². The Labute approximate surface area is 81.4 Å². The summed E-state index contributed by atoms with van der Waals surface area (Å²) in [5.41, 5.74) is 0. The highest BCUT2D eigenvalue weighted by Gasteiger charge is 2.15. The third-order valence-corrected chi connectivity index (χ3v) is 3.01. The van der Waals surface area contributed by atoms with Gasteiger partial charge in [-0.2, -0.15) is 0 Å². The second-order valence-corrected chi connectivity index (χ2v) is 3.85. The second-order valence-electron chi connectivity index (χ2n) is 2.76. The van der Waals surface area contributed by atoms with Crippen molar-refractivity contribution in [3.05, 3.63) is 28.9 Å². The summed E-state index contributed by atoms with van der Waals surface area (Å²) in [6.07, 6.45) is -2.59. The van der Waals surface area contributed by atoms with E-state index in [4.69, 9.17) is 0 Å². The van der Waals surface area contributed by atoms with Gasteiger partial charge < -0.3 is 5.11 Å². The Hall–Kier alpha value is -1.23. The number of aromatic hydroxyl groups is 1.